The summed E-state index contributed by atoms with van der Waals surface area (Å²) in [6.45, 7) is 2.67. The summed E-state index contributed by atoms with van der Waals surface area (Å²) in [5, 5.41) is 4.22. The molecule has 0 N–H and O–H groups in total. The van der Waals surface area contributed by atoms with Gasteiger partial charge in [0.15, 0.2) is 0 Å². The van der Waals surface area contributed by atoms with E-state index in [1.165, 1.54) is 0 Å². The number of nitrogens with zero attached hydrogens (tertiary/aromatic N) is 4. The third-order valence-corrected chi connectivity index (χ3v) is 4.96. The van der Waals surface area contributed by atoms with Crippen molar-refractivity contribution in [1.29, 1.82) is 0 Å². The van der Waals surface area contributed by atoms with E-state index < -0.39 is 6.04 Å². The minimum absolute atomic E-state index is 0.101. The molecule has 1 fully saturated rings. The van der Waals surface area contributed by atoms with Crippen LogP contribution >= 0.6 is 0 Å². The van der Waals surface area contributed by atoms with Crippen LogP contribution in [0.25, 0.3) is 5.52 Å². The van der Waals surface area contributed by atoms with Crippen molar-refractivity contribution in [1.82, 2.24) is 14.5 Å². The van der Waals surface area contributed by atoms with Gasteiger partial charge in [-0.3, -0.25) is 9.59 Å². The fraction of sp³-hybridized carbons (Fsp3) is 0.250. The number of aromatic nitrogens is 2. The van der Waals surface area contributed by atoms with Crippen molar-refractivity contribution in [3.8, 4) is 5.75 Å². The number of rotatable bonds is 3. The number of methoxy groups -OCH3 is 1. The Balaban J connectivity index is 1.56. The largest absolute Gasteiger partial charge is 0.497 e. The van der Waals surface area contributed by atoms with Gasteiger partial charge < -0.3 is 14.5 Å². The normalized spacial score (nSPS) is 17.4. The molecule has 0 aliphatic carbocycles. The minimum atomic E-state index is -0.549. The van der Waals surface area contributed by atoms with Crippen LogP contribution in [0.3, 0.4) is 0 Å². The van der Waals surface area contributed by atoms with Crippen LogP contribution in [-0.2, 0) is 4.79 Å². The van der Waals surface area contributed by atoms with E-state index in [0.29, 0.717) is 18.7 Å². The van der Waals surface area contributed by atoms with Gasteiger partial charge in [-0.1, -0.05) is 6.07 Å². The maximum Gasteiger partial charge on any atom is 0.258 e. The van der Waals surface area contributed by atoms with Crippen LogP contribution in [0.1, 0.15) is 17.3 Å². The van der Waals surface area contributed by atoms with Crippen LogP contribution in [0.2, 0.25) is 0 Å². The van der Waals surface area contributed by atoms with Gasteiger partial charge in [0, 0.05) is 25.0 Å². The van der Waals surface area contributed by atoms with Gasteiger partial charge in [0.1, 0.15) is 11.8 Å². The van der Waals surface area contributed by atoms with Crippen molar-refractivity contribution in [3.05, 3.63) is 60.4 Å². The number of carbonyl (C=O) groups excluding carboxylic acids is 2. The number of hydrogen-bond acceptors (Lipinski definition) is 4. The Morgan fingerprint density at radius 1 is 1.15 bits per heavy atom. The van der Waals surface area contributed by atoms with E-state index in [-0.39, 0.29) is 11.8 Å². The van der Waals surface area contributed by atoms with Gasteiger partial charge in [-0.05, 0) is 43.3 Å². The number of amides is 2. The molecular formula is C20H20N4O3. The molecule has 1 atom stereocenters. The van der Waals surface area contributed by atoms with E-state index in [2.05, 4.69) is 5.10 Å². The first-order valence-corrected chi connectivity index (χ1v) is 8.79. The number of piperazine rings is 1. The highest BCUT2D eigenvalue weighted by Crippen LogP contribution is 2.24. The number of pyridine rings is 1. The SMILES string of the molecule is COc1ccc(N2CCN(C(=O)c3cnn4ccccc34)[C@@H](C)C2=O)cc1. The Hall–Kier alpha value is -3.35. The number of fused-ring (bicyclic) bond motifs is 1. The summed E-state index contributed by atoms with van der Waals surface area (Å²) in [6.07, 6.45) is 3.35. The van der Waals surface area contributed by atoms with Crippen molar-refractivity contribution < 1.29 is 14.3 Å². The summed E-state index contributed by atoms with van der Waals surface area (Å²) < 4.78 is 6.83. The molecule has 0 spiro atoms. The molecule has 3 heterocycles. The number of ether oxygens (including phenoxy) is 1. The Bertz CT molecular complexity index is 996. The summed E-state index contributed by atoms with van der Waals surface area (Å²) in [5.74, 6) is 0.462. The molecule has 2 amide bonds. The van der Waals surface area contributed by atoms with Gasteiger partial charge in [0.25, 0.3) is 5.91 Å². The molecule has 1 aliphatic heterocycles. The highest BCUT2D eigenvalue weighted by molar-refractivity contribution is 6.06. The first kappa shape index (κ1) is 17.1. The molecule has 0 bridgehead atoms. The van der Waals surface area contributed by atoms with Gasteiger partial charge in [0.2, 0.25) is 5.91 Å². The van der Waals surface area contributed by atoms with Crippen LogP contribution in [0.4, 0.5) is 5.69 Å². The van der Waals surface area contributed by atoms with Gasteiger partial charge in [-0.15, -0.1) is 0 Å². The van der Waals surface area contributed by atoms with Crippen LogP contribution in [0.15, 0.2) is 54.9 Å². The van der Waals surface area contributed by atoms with E-state index in [0.717, 1.165) is 17.0 Å². The maximum atomic E-state index is 13.0. The molecule has 0 unspecified atom stereocenters. The first-order chi connectivity index (χ1) is 13.1. The lowest BCUT2D eigenvalue weighted by Crippen LogP contribution is -2.57. The predicted octanol–water partition coefficient (Wildman–Crippen LogP) is 2.22. The molecule has 4 rings (SSSR count). The number of hydrogen-bond donors (Lipinski definition) is 0. The van der Waals surface area contributed by atoms with Crippen LogP contribution in [0, 0.1) is 0 Å². The molecule has 0 saturated carbocycles. The average Bonchev–Trinajstić information content (AvgIpc) is 3.14. The lowest BCUT2D eigenvalue weighted by Gasteiger charge is -2.39. The second kappa shape index (κ2) is 6.75. The minimum Gasteiger partial charge on any atom is -0.497 e. The zero-order chi connectivity index (χ0) is 19.0. The van der Waals surface area contributed by atoms with E-state index in [1.807, 2.05) is 42.5 Å². The van der Waals surface area contributed by atoms with Gasteiger partial charge in [0.05, 0.1) is 24.4 Å². The Labute approximate surface area is 156 Å². The predicted molar refractivity (Wildman–Crippen MR) is 101 cm³/mol. The lowest BCUT2D eigenvalue weighted by atomic mass is 10.1. The molecule has 2 aromatic heterocycles. The molecule has 3 aromatic rings. The van der Waals surface area contributed by atoms with E-state index in [9.17, 15) is 9.59 Å². The molecule has 7 nitrogen and oxygen atoms in total. The van der Waals surface area contributed by atoms with Gasteiger partial charge in [-0.25, -0.2) is 4.52 Å². The zero-order valence-electron chi connectivity index (χ0n) is 15.2. The molecule has 138 valence electrons. The van der Waals surface area contributed by atoms with Gasteiger partial charge in [-0.2, -0.15) is 5.10 Å². The third-order valence-electron chi connectivity index (χ3n) is 4.96. The Morgan fingerprint density at radius 3 is 2.67 bits per heavy atom. The highest BCUT2D eigenvalue weighted by Gasteiger charge is 2.36. The standard InChI is InChI=1S/C20H20N4O3/c1-14-19(25)23(15-6-8-16(27-2)9-7-15)12-11-22(14)20(26)17-13-21-24-10-4-3-5-18(17)24/h3-10,13-14H,11-12H2,1-2H3/t14-/m0/s1. The average molecular weight is 364 g/mol. The van der Waals surface area contributed by atoms with Crippen molar-refractivity contribution in [2.45, 2.75) is 13.0 Å². The lowest BCUT2D eigenvalue weighted by molar-refractivity contribution is -0.124. The second-order valence-corrected chi connectivity index (χ2v) is 6.45. The van der Waals surface area contributed by atoms with Crippen molar-refractivity contribution >= 4 is 23.0 Å². The quantitative estimate of drug-likeness (QED) is 0.715. The number of anilines is 1. The van der Waals surface area contributed by atoms with E-state index in [1.54, 1.807) is 40.7 Å². The molecular weight excluding hydrogens is 344 g/mol. The number of carbonyl (C=O) groups is 2. The topological polar surface area (TPSA) is 67.2 Å². The van der Waals surface area contributed by atoms with Gasteiger partial charge >= 0.3 is 0 Å². The van der Waals surface area contributed by atoms with Crippen LogP contribution in [-0.4, -0.2) is 52.6 Å². The third kappa shape index (κ3) is 2.91. The van der Waals surface area contributed by atoms with Crippen molar-refractivity contribution in [2.75, 3.05) is 25.1 Å². The number of benzene rings is 1. The summed E-state index contributed by atoms with van der Waals surface area (Å²) in [4.78, 5) is 29.3. The smallest absolute Gasteiger partial charge is 0.258 e. The summed E-state index contributed by atoms with van der Waals surface area (Å²) in [5.41, 5.74) is 2.05. The molecule has 27 heavy (non-hydrogen) atoms. The molecule has 7 heteroatoms. The monoisotopic (exact) mass is 364 g/mol. The molecule has 1 aromatic carbocycles. The fourth-order valence-electron chi connectivity index (χ4n) is 3.42. The van der Waals surface area contributed by atoms with Crippen molar-refractivity contribution in [3.63, 3.8) is 0 Å². The maximum absolute atomic E-state index is 13.0. The van der Waals surface area contributed by atoms with E-state index >= 15 is 0 Å². The van der Waals surface area contributed by atoms with Crippen LogP contribution < -0.4 is 9.64 Å². The second-order valence-electron chi connectivity index (χ2n) is 6.45. The Morgan fingerprint density at radius 2 is 1.93 bits per heavy atom. The van der Waals surface area contributed by atoms with Crippen molar-refractivity contribution in [2.24, 2.45) is 0 Å². The molecule has 0 radical (unpaired) electrons. The van der Waals surface area contributed by atoms with E-state index in [4.69, 9.17) is 4.74 Å². The molecule has 1 aliphatic rings. The Kier molecular flexibility index (Phi) is 4.27. The highest BCUT2D eigenvalue weighted by atomic mass is 16.5. The summed E-state index contributed by atoms with van der Waals surface area (Å²) >= 11 is 0. The molecule has 1 saturated heterocycles. The zero-order valence-corrected chi connectivity index (χ0v) is 15.2. The summed E-state index contributed by atoms with van der Waals surface area (Å²) in [7, 11) is 1.60. The van der Waals surface area contributed by atoms with Crippen LogP contribution in [0.5, 0.6) is 5.75 Å². The fourth-order valence-corrected chi connectivity index (χ4v) is 3.42. The first-order valence-electron chi connectivity index (χ1n) is 8.79. The summed E-state index contributed by atoms with van der Waals surface area (Å²) in [6, 6.07) is 12.4.